The van der Waals surface area contributed by atoms with E-state index in [0.717, 1.165) is 0 Å². The molecule has 1 heterocycles. The minimum Gasteiger partial charge on any atom is -0.396 e. The molecule has 1 rings (SSSR count). The second-order valence-corrected chi connectivity index (χ2v) is 2.69. The molecule has 0 atom stereocenters. The van der Waals surface area contributed by atoms with Gasteiger partial charge in [-0.3, -0.25) is 0 Å². The fraction of sp³-hybridized carbons (Fsp3) is 0.333. The molecule has 0 saturated heterocycles. The van der Waals surface area contributed by atoms with Gasteiger partial charge in [0.25, 0.3) is 0 Å². The Labute approximate surface area is 68.9 Å². The van der Waals surface area contributed by atoms with Crippen LogP contribution < -0.4 is 5.73 Å². The maximum absolute atomic E-state index is 8.76. The maximum Gasteiger partial charge on any atom is 0.187 e. The van der Waals surface area contributed by atoms with Crippen molar-refractivity contribution in [2.24, 2.45) is 0 Å². The number of thioether (sulfide) groups is 1. The van der Waals surface area contributed by atoms with Gasteiger partial charge >= 0.3 is 0 Å². The van der Waals surface area contributed by atoms with Crippen molar-refractivity contribution < 1.29 is 5.11 Å². The topological polar surface area (TPSA) is 72.0 Å². The van der Waals surface area contributed by atoms with Crippen molar-refractivity contribution in [3.8, 4) is 0 Å². The zero-order valence-corrected chi connectivity index (χ0v) is 6.93. The molecule has 0 aromatic carbocycles. The van der Waals surface area contributed by atoms with Gasteiger partial charge in [0.1, 0.15) is 0 Å². The third-order valence-corrected chi connectivity index (χ3v) is 1.77. The number of rotatable bonds is 2. The summed E-state index contributed by atoms with van der Waals surface area (Å²) in [5.74, 6) is 0. The van der Waals surface area contributed by atoms with Crippen molar-refractivity contribution in [3.63, 3.8) is 0 Å². The monoisotopic (exact) mass is 171 g/mol. The first-order valence-electron chi connectivity index (χ1n) is 3.04. The molecule has 0 bridgehead atoms. The summed E-state index contributed by atoms with van der Waals surface area (Å²) < 4.78 is 0. The standard InChI is InChI=1S/C6H9N3OS/c1-11-6-8-2-4(7)5(3-10)9-6/h2,10H,3,7H2,1H3. The van der Waals surface area contributed by atoms with Gasteiger partial charge in [-0.05, 0) is 6.26 Å². The summed E-state index contributed by atoms with van der Waals surface area (Å²) in [5, 5.41) is 9.39. The molecule has 4 nitrogen and oxygen atoms in total. The van der Waals surface area contributed by atoms with Gasteiger partial charge in [-0.15, -0.1) is 0 Å². The van der Waals surface area contributed by atoms with Crippen LogP contribution in [0.3, 0.4) is 0 Å². The van der Waals surface area contributed by atoms with E-state index in [9.17, 15) is 0 Å². The van der Waals surface area contributed by atoms with E-state index >= 15 is 0 Å². The van der Waals surface area contributed by atoms with Gasteiger partial charge in [0.05, 0.1) is 24.2 Å². The van der Waals surface area contributed by atoms with E-state index in [2.05, 4.69) is 9.97 Å². The van der Waals surface area contributed by atoms with Crippen molar-refractivity contribution in [2.45, 2.75) is 11.8 Å². The Bertz CT molecular complexity index is 254. The van der Waals surface area contributed by atoms with Gasteiger partial charge in [-0.2, -0.15) is 0 Å². The summed E-state index contributed by atoms with van der Waals surface area (Å²) in [4.78, 5) is 7.91. The molecule has 0 saturated carbocycles. The summed E-state index contributed by atoms with van der Waals surface area (Å²) >= 11 is 1.42. The fourth-order valence-corrected chi connectivity index (χ4v) is 0.993. The third-order valence-electron chi connectivity index (χ3n) is 1.21. The number of nitrogens with zero attached hydrogens (tertiary/aromatic N) is 2. The highest BCUT2D eigenvalue weighted by molar-refractivity contribution is 7.98. The Balaban J connectivity index is 3.02. The van der Waals surface area contributed by atoms with Gasteiger partial charge in [-0.1, -0.05) is 11.8 Å². The molecule has 11 heavy (non-hydrogen) atoms. The van der Waals surface area contributed by atoms with E-state index in [0.29, 0.717) is 16.5 Å². The molecular formula is C6H9N3OS. The zero-order chi connectivity index (χ0) is 8.27. The molecule has 0 unspecified atom stereocenters. The van der Waals surface area contributed by atoms with Crippen LogP contribution >= 0.6 is 11.8 Å². The van der Waals surface area contributed by atoms with Crippen LogP contribution in [-0.4, -0.2) is 21.3 Å². The molecule has 0 amide bonds. The first kappa shape index (κ1) is 8.29. The maximum atomic E-state index is 8.76. The number of aliphatic hydroxyl groups excluding tert-OH is 1. The van der Waals surface area contributed by atoms with Crippen molar-refractivity contribution in [1.82, 2.24) is 9.97 Å². The van der Waals surface area contributed by atoms with Crippen LogP contribution in [0.4, 0.5) is 5.69 Å². The van der Waals surface area contributed by atoms with Crippen LogP contribution in [0.2, 0.25) is 0 Å². The normalized spacial score (nSPS) is 10.0. The van der Waals surface area contributed by atoms with E-state index in [1.165, 1.54) is 18.0 Å². The Kier molecular flexibility index (Phi) is 2.67. The summed E-state index contributed by atoms with van der Waals surface area (Å²) in [6.07, 6.45) is 3.37. The number of hydrogen-bond acceptors (Lipinski definition) is 5. The molecular weight excluding hydrogens is 162 g/mol. The van der Waals surface area contributed by atoms with Crippen LogP contribution in [0.5, 0.6) is 0 Å². The lowest BCUT2D eigenvalue weighted by molar-refractivity contribution is 0.276. The first-order valence-corrected chi connectivity index (χ1v) is 4.26. The molecule has 3 N–H and O–H groups in total. The third kappa shape index (κ3) is 1.81. The molecule has 0 aliphatic carbocycles. The van der Waals surface area contributed by atoms with Gasteiger partial charge in [-0.25, -0.2) is 9.97 Å². The van der Waals surface area contributed by atoms with E-state index < -0.39 is 0 Å². The lowest BCUT2D eigenvalue weighted by Crippen LogP contribution is -2.00. The lowest BCUT2D eigenvalue weighted by Gasteiger charge is -2.01. The minimum absolute atomic E-state index is 0.137. The molecule has 0 spiro atoms. The summed E-state index contributed by atoms with van der Waals surface area (Å²) in [6, 6.07) is 0. The van der Waals surface area contributed by atoms with E-state index in [1.54, 1.807) is 0 Å². The highest BCUT2D eigenvalue weighted by Gasteiger charge is 2.01. The minimum atomic E-state index is -0.137. The average molecular weight is 171 g/mol. The average Bonchev–Trinajstić information content (AvgIpc) is 2.05. The molecule has 0 radical (unpaired) electrons. The van der Waals surface area contributed by atoms with Crippen molar-refractivity contribution in [3.05, 3.63) is 11.9 Å². The quantitative estimate of drug-likeness (QED) is 0.493. The second kappa shape index (κ2) is 3.54. The zero-order valence-electron chi connectivity index (χ0n) is 6.11. The Morgan fingerprint density at radius 1 is 1.73 bits per heavy atom. The van der Waals surface area contributed by atoms with E-state index in [4.69, 9.17) is 10.8 Å². The molecule has 1 aromatic rings. The van der Waals surface area contributed by atoms with Crippen LogP contribution in [-0.2, 0) is 6.61 Å². The van der Waals surface area contributed by atoms with Gasteiger partial charge in [0.15, 0.2) is 5.16 Å². The fourth-order valence-electron chi connectivity index (χ4n) is 0.633. The summed E-state index contributed by atoms with van der Waals surface area (Å²) in [6.45, 7) is -0.137. The molecule has 0 fully saturated rings. The highest BCUT2D eigenvalue weighted by Crippen LogP contribution is 2.12. The molecule has 1 aromatic heterocycles. The van der Waals surface area contributed by atoms with Gasteiger partial charge in [0, 0.05) is 0 Å². The number of aliphatic hydroxyl groups is 1. The molecule has 0 aliphatic heterocycles. The van der Waals surface area contributed by atoms with Crippen LogP contribution in [0.1, 0.15) is 5.69 Å². The number of nitrogens with two attached hydrogens (primary N) is 1. The van der Waals surface area contributed by atoms with Crippen molar-refractivity contribution in [1.29, 1.82) is 0 Å². The summed E-state index contributed by atoms with van der Waals surface area (Å²) in [5.41, 5.74) is 6.39. The number of anilines is 1. The Morgan fingerprint density at radius 3 is 3.00 bits per heavy atom. The highest BCUT2D eigenvalue weighted by atomic mass is 32.2. The second-order valence-electron chi connectivity index (χ2n) is 1.92. The predicted molar refractivity (Wildman–Crippen MR) is 44.1 cm³/mol. The number of aromatic nitrogens is 2. The van der Waals surface area contributed by atoms with E-state index in [1.807, 2.05) is 6.26 Å². The van der Waals surface area contributed by atoms with Crippen molar-refractivity contribution >= 4 is 17.4 Å². The van der Waals surface area contributed by atoms with Crippen LogP contribution in [0.15, 0.2) is 11.4 Å². The predicted octanol–water partition coefficient (Wildman–Crippen LogP) is 0.273. The van der Waals surface area contributed by atoms with Crippen LogP contribution in [0, 0.1) is 0 Å². The Morgan fingerprint density at radius 2 is 2.45 bits per heavy atom. The Hall–Kier alpha value is -0.810. The number of nitrogen functional groups attached to an aromatic ring is 1. The molecule has 0 aliphatic rings. The summed E-state index contributed by atoms with van der Waals surface area (Å²) in [7, 11) is 0. The lowest BCUT2D eigenvalue weighted by atomic mass is 10.4. The smallest absolute Gasteiger partial charge is 0.187 e. The van der Waals surface area contributed by atoms with Crippen LogP contribution in [0.25, 0.3) is 0 Å². The largest absolute Gasteiger partial charge is 0.396 e. The van der Waals surface area contributed by atoms with E-state index in [-0.39, 0.29) is 6.61 Å². The van der Waals surface area contributed by atoms with Crippen molar-refractivity contribution in [2.75, 3.05) is 12.0 Å². The first-order chi connectivity index (χ1) is 5.27. The SMILES string of the molecule is CSc1ncc(N)c(CO)n1. The van der Waals surface area contributed by atoms with Gasteiger partial charge in [0.2, 0.25) is 0 Å². The van der Waals surface area contributed by atoms with Gasteiger partial charge < -0.3 is 10.8 Å². The number of hydrogen-bond donors (Lipinski definition) is 2. The molecule has 60 valence electrons. The molecule has 5 heteroatoms.